The minimum Gasteiger partial charge on any atom is -0.339 e. The number of aryl methyl sites for hydroxylation is 2. The van der Waals surface area contributed by atoms with Crippen LogP contribution in [0, 0.1) is 13.8 Å². The molecule has 1 aromatic heterocycles. The maximum absolute atomic E-state index is 12.4. The van der Waals surface area contributed by atoms with Gasteiger partial charge in [-0.05, 0) is 32.1 Å². The van der Waals surface area contributed by atoms with Gasteiger partial charge in [-0.3, -0.25) is 9.59 Å². The summed E-state index contributed by atoms with van der Waals surface area (Å²) in [6.07, 6.45) is 3.08. The van der Waals surface area contributed by atoms with Gasteiger partial charge in [0.2, 0.25) is 11.8 Å². The summed E-state index contributed by atoms with van der Waals surface area (Å²) in [5.74, 6) is 0.218. The summed E-state index contributed by atoms with van der Waals surface area (Å²) in [5.41, 5.74) is 2.98. The quantitative estimate of drug-likeness (QED) is 0.615. The minimum atomic E-state index is 0.0781. The molecule has 0 spiro atoms. The normalized spacial score (nSPS) is 15.0. The second-order valence-corrected chi connectivity index (χ2v) is 6.52. The van der Waals surface area contributed by atoms with Crippen LogP contribution in [0.25, 0.3) is 0 Å². The molecule has 1 aromatic rings. The highest BCUT2D eigenvalue weighted by atomic mass is 32.2. The first kappa shape index (κ1) is 17.7. The molecule has 2 rings (SSSR count). The van der Waals surface area contributed by atoms with Crippen LogP contribution >= 0.6 is 11.8 Å². The SMILES string of the molecule is CSc1nc(C)c(CCC(=O)N2CCN(C(C)=O)CC2)c(C)n1. The average Bonchev–Trinajstić information content (AvgIpc) is 2.53. The van der Waals surface area contributed by atoms with E-state index < -0.39 is 0 Å². The Hall–Kier alpha value is -1.63. The Labute approximate surface area is 141 Å². The van der Waals surface area contributed by atoms with E-state index in [0.717, 1.165) is 22.1 Å². The second-order valence-electron chi connectivity index (χ2n) is 5.75. The predicted molar refractivity (Wildman–Crippen MR) is 90.4 cm³/mol. The lowest BCUT2D eigenvalue weighted by Crippen LogP contribution is -2.50. The van der Waals surface area contributed by atoms with E-state index in [2.05, 4.69) is 9.97 Å². The summed E-state index contributed by atoms with van der Waals surface area (Å²) < 4.78 is 0. The van der Waals surface area contributed by atoms with Crippen LogP contribution in [-0.4, -0.2) is 64.0 Å². The van der Waals surface area contributed by atoms with Crippen molar-refractivity contribution in [3.8, 4) is 0 Å². The zero-order valence-corrected chi connectivity index (χ0v) is 15.1. The molecular formula is C16H24N4O2S. The Morgan fingerprint density at radius 3 is 2.04 bits per heavy atom. The molecule has 2 heterocycles. The predicted octanol–water partition coefficient (Wildman–Crippen LogP) is 1.44. The lowest BCUT2D eigenvalue weighted by Gasteiger charge is -2.34. The van der Waals surface area contributed by atoms with E-state index in [4.69, 9.17) is 0 Å². The number of hydrogen-bond donors (Lipinski definition) is 0. The third kappa shape index (κ3) is 4.43. The molecular weight excluding hydrogens is 312 g/mol. The first-order valence-electron chi connectivity index (χ1n) is 7.83. The Balaban J connectivity index is 1.91. The van der Waals surface area contributed by atoms with Crippen LogP contribution in [0.5, 0.6) is 0 Å². The fourth-order valence-corrected chi connectivity index (χ4v) is 3.28. The number of nitrogens with zero attached hydrogens (tertiary/aromatic N) is 4. The van der Waals surface area contributed by atoms with Gasteiger partial charge in [0.05, 0.1) is 0 Å². The zero-order valence-electron chi connectivity index (χ0n) is 14.3. The highest BCUT2D eigenvalue weighted by molar-refractivity contribution is 7.98. The van der Waals surface area contributed by atoms with Crippen molar-refractivity contribution in [2.75, 3.05) is 32.4 Å². The summed E-state index contributed by atoms with van der Waals surface area (Å²) in [5, 5.41) is 0.774. The molecule has 0 radical (unpaired) electrons. The van der Waals surface area contributed by atoms with Crippen molar-refractivity contribution in [3.63, 3.8) is 0 Å². The number of rotatable bonds is 4. The van der Waals surface area contributed by atoms with Gasteiger partial charge in [-0.1, -0.05) is 11.8 Å². The molecule has 0 bridgehead atoms. The number of aromatic nitrogens is 2. The topological polar surface area (TPSA) is 66.4 Å². The van der Waals surface area contributed by atoms with E-state index >= 15 is 0 Å². The van der Waals surface area contributed by atoms with E-state index in [0.29, 0.717) is 39.0 Å². The zero-order chi connectivity index (χ0) is 17.0. The van der Waals surface area contributed by atoms with E-state index in [1.807, 2.05) is 25.0 Å². The van der Waals surface area contributed by atoms with Crippen molar-refractivity contribution in [2.24, 2.45) is 0 Å². The largest absolute Gasteiger partial charge is 0.339 e. The van der Waals surface area contributed by atoms with Crippen LogP contribution in [0.3, 0.4) is 0 Å². The Morgan fingerprint density at radius 1 is 1.04 bits per heavy atom. The number of carbonyl (C=O) groups excluding carboxylic acids is 2. The van der Waals surface area contributed by atoms with Crippen molar-refractivity contribution in [1.29, 1.82) is 0 Å². The third-order valence-electron chi connectivity index (χ3n) is 4.25. The number of thioether (sulfide) groups is 1. The molecule has 0 atom stereocenters. The number of amides is 2. The molecule has 0 aliphatic carbocycles. The fourth-order valence-electron chi connectivity index (χ4n) is 2.82. The Morgan fingerprint density at radius 2 is 1.57 bits per heavy atom. The first-order chi connectivity index (χ1) is 10.9. The van der Waals surface area contributed by atoms with Crippen molar-refractivity contribution in [3.05, 3.63) is 17.0 Å². The van der Waals surface area contributed by atoms with Crippen molar-refractivity contribution < 1.29 is 9.59 Å². The summed E-state index contributed by atoms with van der Waals surface area (Å²) >= 11 is 1.53. The van der Waals surface area contributed by atoms with Gasteiger partial charge in [-0.15, -0.1) is 0 Å². The van der Waals surface area contributed by atoms with Crippen molar-refractivity contribution in [2.45, 2.75) is 38.8 Å². The minimum absolute atomic E-state index is 0.0781. The fraction of sp³-hybridized carbons (Fsp3) is 0.625. The first-order valence-corrected chi connectivity index (χ1v) is 9.06. The van der Waals surface area contributed by atoms with E-state index in [1.54, 1.807) is 11.8 Å². The van der Waals surface area contributed by atoms with Crippen LogP contribution < -0.4 is 0 Å². The van der Waals surface area contributed by atoms with Gasteiger partial charge >= 0.3 is 0 Å². The van der Waals surface area contributed by atoms with Crippen molar-refractivity contribution in [1.82, 2.24) is 19.8 Å². The Bertz CT molecular complexity index is 575. The van der Waals surface area contributed by atoms with E-state index in [9.17, 15) is 9.59 Å². The molecule has 23 heavy (non-hydrogen) atoms. The maximum Gasteiger partial charge on any atom is 0.223 e. The van der Waals surface area contributed by atoms with Gasteiger partial charge in [0.25, 0.3) is 0 Å². The second kappa shape index (κ2) is 7.77. The molecule has 7 heteroatoms. The molecule has 6 nitrogen and oxygen atoms in total. The molecule has 126 valence electrons. The van der Waals surface area contributed by atoms with Gasteiger partial charge in [0, 0.05) is 50.9 Å². The van der Waals surface area contributed by atoms with Gasteiger partial charge < -0.3 is 9.80 Å². The highest BCUT2D eigenvalue weighted by Gasteiger charge is 2.22. The molecule has 2 amide bonds. The number of piperazine rings is 1. The summed E-state index contributed by atoms with van der Waals surface area (Å²) in [4.78, 5) is 36.2. The molecule has 1 saturated heterocycles. The standard InChI is InChI=1S/C16H24N4O2S/c1-11-14(12(2)18-16(17-11)23-4)5-6-15(22)20-9-7-19(8-10-20)13(3)21/h5-10H2,1-4H3. The highest BCUT2D eigenvalue weighted by Crippen LogP contribution is 2.17. The van der Waals surface area contributed by atoms with Crippen LogP contribution in [0.15, 0.2) is 5.16 Å². The average molecular weight is 336 g/mol. The number of carbonyl (C=O) groups is 2. The monoisotopic (exact) mass is 336 g/mol. The van der Waals surface area contributed by atoms with E-state index in [-0.39, 0.29) is 11.8 Å². The lowest BCUT2D eigenvalue weighted by molar-refractivity contribution is -0.138. The van der Waals surface area contributed by atoms with Crippen molar-refractivity contribution >= 4 is 23.6 Å². The molecule has 0 unspecified atom stereocenters. The van der Waals surface area contributed by atoms with Crippen LogP contribution in [0.1, 0.15) is 30.3 Å². The van der Waals surface area contributed by atoms with Crippen LogP contribution in [-0.2, 0) is 16.0 Å². The van der Waals surface area contributed by atoms with Gasteiger partial charge in [0.1, 0.15) is 0 Å². The molecule has 1 aliphatic heterocycles. The van der Waals surface area contributed by atoms with Crippen LogP contribution in [0.4, 0.5) is 0 Å². The van der Waals surface area contributed by atoms with E-state index in [1.165, 1.54) is 11.8 Å². The summed E-state index contributed by atoms with van der Waals surface area (Å²) in [6, 6.07) is 0. The molecule has 0 N–H and O–H groups in total. The molecule has 0 aromatic carbocycles. The summed E-state index contributed by atoms with van der Waals surface area (Å²) in [6.45, 7) is 8.02. The molecule has 1 fully saturated rings. The van der Waals surface area contributed by atoms with Crippen LogP contribution in [0.2, 0.25) is 0 Å². The molecule has 0 saturated carbocycles. The van der Waals surface area contributed by atoms with Gasteiger partial charge in [-0.25, -0.2) is 9.97 Å². The molecule has 1 aliphatic rings. The number of hydrogen-bond acceptors (Lipinski definition) is 5. The van der Waals surface area contributed by atoms with Gasteiger partial charge in [-0.2, -0.15) is 0 Å². The smallest absolute Gasteiger partial charge is 0.223 e. The summed E-state index contributed by atoms with van der Waals surface area (Å²) in [7, 11) is 0. The third-order valence-corrected chi connectivity index (χ3v) is 4.80. The Kier molecular flexibility index (Phi) is 5.98. The lowest BCUT2D eigenvalue weighted by atomic mass is 10.1. The maximum atomic E-state index is 12.4. The van der Waals surface area contributed by atoms with Gasteiger partial charge in [0.15, 0.2) is 5.16 Å².